The minimum Gasteiger partial charge on any atom is -0.443 e. The maximum absolute atomic E-state index is 14.5. The Labute approximate surface area is 167 Å². The van der Waals surface area contributed by atoms with Crippen molar-refractivity contribution in [2.24, 2.45) is 0 Å². The Hall–Kier alpha value is -2.94. The van der Waals surface area contributed by atoms with Crippen molar-refractivity contribution in [3.05, 3.63) is 46.5 Å². The molecule has 3 rings (SSSR count). The number of ketones is 1. The molecule has 152 valence electrons. The van der Waals surface area contributed by atoms with E-state index in [0.29, 0.717) is 16.5 Å². The molecule has 0 fully saturated rings. The van der Waals surface area contributed by atoms with E-state index in [0.717, 1.165) is 15.9 Å². The zero-order valence-corrected chi connectivity index (χ0v) is 16.5. The monoisotopic (exact) mass is 423 g/mol. The molecule has 29 heavy (non-hydrogen) atoms. The summed E-state index contributed by atoms with van der Waals surface area (Å²) in [5, 5.41) is 1.77. The van der Waals surface area contributed by atoms with Crippen molar-refractivity contribution < 1.29 is 32.3 Å². The van der Waals surface area contributed by atoms with E-state index in [1.54, 1.807) is 26.8 Å². The van der Waals surface area contributed by atoms with Crippen LogP contribution in [0.2, 0.25) is 0 Å². The second-order valence-electron chi connectivity index (χ2n) is 7.30. The second-order valence-corrected chi connectivity index (χ2v) is 8.21. The largest absolute Gasteiger partial charge is 0.443 e. The van der Waals surface area contributed by atoms with Gasteiger partial charge in [0.05, 0.1) is 10.4 Å². The highest BCUT2D eigenvalue weighted by Gasteiger charge is 2.40. The van der Waals surface area contributed by atoms with Crippen molar-refractivity contribution in [3.8, 4) is 11.1 Å². The summed E-state index contributed by atoms with van der Waals surface area (Å²) < 4.78 is 47.6. The fourth-order valence-corrected chi connectivity index (χ4v) is 3.63. The maximum atomic E-state index is 14.5. The Morgan fingerprint density at radius 2 is 1.90 bits per heavy atom. The lowest BCUT2D eigenvalue weighted by Gasteiger charge is -2.19. The lowest BCUT2D eigenvalue weighted by Crippen LogP contribution is -2.29. The van der Waals surface area contributed by atoms with E-state index in [1.807, 2.05) is 0 Å². The average molecular weight is 423 g/mol. The lowest BCUT2D eigenvalue weighted by molar-refractivity contribution is -0.123. The van der Waals surface area contributed by atoms with E-state index in [9.17, 15) is 27.6 Å². The van der Waals surface area contributed by atoms with Crippen LogP contribution in [0.1, 0.15) is 30.4 Å². The lowest BCUT2D eigenvalue weighted by atomic mass is 10.1. The van der Waals surface area contributed by atoms with Gasteiger partial charge in [0.1, 0.15) is 11.4 Å². The Morgan fingerprint density at radius 3 is 2.52 bits per heavy atom. The molecule has 2 aromatic heterocycles. The van der Waals surface area contributed by atoms with Crippen LogP contribution < -0.4 is 0 Å². The van der Waals surface area contributed by atoms with Crippen molar-refractivity contribution in [2.75, 3.05) is 0 Å². The molecular formula is C20H16F3NO4S. The van der Waals surface area contributed by atoms with Gasteiger partial charge in [-0.2, -0.15) is 8.78 Å². The van der Waals surface area contributed by atoms with Crippen LogP contribution in [-0.4, -0.2) is 34.3 Å². The molecule has 0 unspecified atom stereocenters. The smallest absolute Gasteiger partial charge is 0.419 e. The summed E-state index contributed by atoms with van der Waals surface area (Å²) >= 11 is 0.728. The van der Waals surface area contributed by atoms with Crippen LogP contribution in [0.25, 0.3) is 22.0 Å². The molecule has 5 nitrogen and oxygen atoms in total. The molecule has 9 heteroatoms. The number of nitrogens with zero attached hydrogens (tertiary/aromatic N) is 1. The third kappa shape index (κ3) is 3.95. The van der Waals surface area contributed by atoms with E-state index in [2.05, 4.69) is 0 Å². The van der Waals surface area contributed by atoms with Gasteiger partial charge in [-0.15, -0.1) is 11.3 Å². The summed E-state index contributed by atoms with van der Waals surface area (Å²) in [7, 11) is 0. The SMILES string of the molecule is CC(C)(C)OC(=O)n1cc(-c2csc(C(=O)C(F)(F)C=O)c2)c2cccc(F)c21. The molecule has 0 amide bonds. The molecule has 0 aliphatic heterocycles. The number of Topliss-reactive ketones (excluding diaryl/α,β-unsaturated/α-hetero) is 1. The highest BCUT2D eigenvalue weighted by Crippen LogP contribution is 2.36. The molecule has 0 aliphatic rings. The molecular weight excluding hydrogens is 407 g/mol. The van der Waals surface area contributed by atoms with Gasteiger partial charge < -0.3 is 4.74 Å². The summed E-state index contributed by atoms with van der Waals surface area (Å²) in [4.78, 5) is 34.5. The van der Waals surface area contributed by atoms with Crippen LogP contribution in [0, 0.1) is 5.82 Å². The summed E-state index contributed by atoms with van der Waals surface area (Å²) in [6, 6.07) is 5.37. The Kier molecular flexibility index (Phi) is 5.12. The number of rotatable bonds is 4. The standard InChI is InChI=1S/C20H16F3NO4S/c1-19(2,3)28-18(27)24-8-13(12-5-4-6-14(21)16(12)24)11-7-15(29-9-11)17(26)20(22,23)10-25/h4-10H,1-3H3. The van der Waals surface area contributed by atoms with Crippen molar-refractivity contribution in [1.29, 1.82) is 0 Å². The van der Waals surface area contributed by atoms with E-state index in [1.165, 1.54) is 29.8 Å². The fourth-order valence-electron chi connectivity index (χ4n) is 2.74. The fraction of sp³-hybridized carbons (Fsp3) is 0.250. The molecule has 0 bridgehead atoms. The topological polar surface area (TPSA) is 65.4 Å². The first-order valence-electron chi connectivity index (χ1n) is 8.45. The second kappa shape index (κ2) is 7.14. The number of hydrogen-bond acceptors (Lipinski definition) is 5. The van der Waals surface area contributed by atoms with Crippen molar-refractivity contribution >= 4 is 40.4 Å². The predicted molar refractivity (Wildman–Crippen MR) is 102 cm³/mol. The summed E-state index contributed by atoms with van der Waals surface area (Å²) in [5.41, 5.74) is -0.163. The molecule has 0 N–H and O–H groups in total. The average Bonchev–Trinajstić information content (AvgIpc) is 3.24. The number of thiophene rings is 1. The molecule has 0 saturated heterocycles. The first-order valence-corrected chi connectivity index (χ1v) is 9.33. The van der Waals surface area contributed by atoms with Gasteiger partial charge in [0.25, 0.3) is 0 Å². The van der Waals surface area contributed by atoms with Gasteiger partial charge in [0.15, 0.2) is 6.29 Å². The van der Waals surface area contributed by atoms with E-state index < -0.39 is 35.5 Å². The summed E-state index contributed by atoms with van der Waals surface area (Å²) in [6.07, 6.45) is -0.188. The number of halogens is 3. The Bertz CT molecular complexity index is 1120. The Morgan fingerprint density at radius 1 is 1.21 bits per heavy atom. The van der Waals surface area contributed by atoms with E-state index >= 15 is 0 Å². The minimum absolute atomic E-state index is 0.0333. The van der Waals surface area contributed by atoms with Gasteiger partial charge in [-0.05, 0) is 43.8 Å². The molecule has 0 spiro atoms. The Balaban J connectivity index is 2.13. The summed E-state index contributed by atoms with van der Waals surface area (Å²) in [6.45, 7) is 4.99. The molecule has 1 aromatic carbocycles. The molecule has 0 radical (unpaired) electrons. The number of fused-ring (bicyclic) bond motifs is 1. The van der Waals surface area contributed by atoms with Crippen LogP contribution in [0.5, 0.6) is 0 Å². The van der Waals surface area contributed by atoms with Crippen molar-refractivity contribution in [2.45, 2.75) is 32.3 Å². The number of alkyl halides is 2. The predicted octanol–water partition coefficient (Wildman–Crippen LogP) is 5.31. The molecule has 0 atom stereocenters. The molecule has 0 saturated carbocycles. The van der Waals surface area contributed by atoms with Crippen LogP contribution in [-0.2, 0) is 9.53 Å². The van der Waals surface area contributed by atoms with Gasteiger partial charge in [-0.25, -0.2) is 13.8 Å². The zero-order chi connectivity index (χ0) is 21.6. The van der Waals surface area contributed by atoms with Gasteiger partial charge in [0.2, 0.25) is 5.78 Å². The van der Waals surface area contributed by atoms with E-state index in [-0.39, 0.29) is 10.4 Å². The van der Waals surface area contributed by atoms with Crippen LogP contribution >= 0.6 is 11.3 Å². The first-order chi connectivity index (χ1) is 13.4. The third-order valence-electron chi connectivity index (χ3n) is 3.95. The van der Waals surface area contributed by atoms with Crippen LogP contribution in [0.3, 0.4) is 0 Å². The zero-order valence-electron chi connectivity index (χ0n) is 15.7. The summed E-state index contributed by atoms with van der Waals surface area (Å²) in [5.74, 6) is -6.41. The molecule has 0 aliphatic carbocycles. The molecule has 3 aromatic rings. The van der Waals surface area contributed by atoms with Crippen LogP contribution in [0.15, 0.2) is 35.8 Å². The van der Waals surface area contributed by atoms with Crippen LogP contribution in [0.4, 0.5) is 18.0 Å². The quantitative estimate of drug-likeness (QED) is 0.324. The highest BCUT2D eigenvalue weighted by molar-refractivity contribution is 7.12. The number of carbonyl (C=O) groups is 3. The van der Waals surface area contributed by atoms with E-state index in [4.69, 9.17) is 4.74 Å². The number of carbonyl (C=O) groups excluding carboxylic acids is 3. The maximum Gasteiger partial charge on any atom is 0.419 e. The first kappa shape index (κ1) is 20.8. The number of para-hydroxylation sites is 1. The van der Waals surface area contributed by atoms with Gasteiger partial charge >= 0.3 is 12.0 Å². The van der Waals surface area contributed by atoms with Gasteiger partial charge in [-0.3, -0.25) is 9.59 Å². The number of aldehydes is 1. The van der Waals surface area contributed by atoms with Gasteiger partial charge in [0, 0.05) is 17.1 Å². The third-order valence-corrected chi connectivity index (χ3v) is 4.88. The number of hydrogen-bond donors (Lipinski definition) is 0. The highest BCUT2D eigenvalue weighted by atomic mass is 32.1. The number of aromatic nitrogens is 1. The van der Waals surface area contributed by atoms with Crippen molar-refractivity contribution in [1.82, 2.24) is 4.57 Å². The van der Waals surface area contributed by atoms with Gasteiger partial charge in [-0.1, -0.05) is 12.1 Å². The normalized spacial score (nSPS) is 12.2. The molecule has 2 heterocycles. The number of ether oxygens (including phenoxy) is 1. The van der Waals surface area contributed by atoms with Crippen molar-refractivity contribution in [3.63, 3.8) is 0 Å². The number of benzene rings is 1. The minimum atomic E-state index is -4.13.